The van der Waals surface area contributed by atoms with Crippen molar-refractivity contribution >= 4 is 11.1 Å². The summed E-state index contributed by atoms with van der Waals surface area (Å²) in [5.41, 5.74) is 7.22. The maximum absolute atomic E-state index is 5.76. The molecule has 1 heterocycles. The average Bonchev–Trinajstić information content (AvgIpc) is 2.86. The first-order chi connectivity index (χ1) is 9.28. The molecule has 0 spiro atoms. The van der Waals surface area contributed by atoms with E-state index in [1.54, 1.807) is 7.11 Å². The standard InChI is InChI=1S/C15H22N2O2/c1-3-11(9-10-16)7-8-14-17-15-12(18-2)5-4-6-13(15)19-14/h4-6,11H,3,7-10,16H2,1-2H3. The molecule has 0 aliphatic carbocycles. The van der Waals surface area contributed by atoms with Crippen LogP contribution in [0.5, 0.6) is 5.75 Å². The van der Waals surface area contributed by atoms with E-state index in [0.717, 1.165) is 55.0 Å². The fourth-order valence-corrected chi connectivity index (χ4v) is 2.36. The van der Waals surface area contributed by atoms with Crippen LogP contribution in [-0.2, 0) is 6.42 Å². The summed E-state index contributed by atoms with van der Waals surface area (Å²) in [7, 11) is 1.65. The highest BCUT2D eigenvalue weighted by atomic mass is 16.5. The van der Waals surface area contributed by atoms with Gasteiger partial charge in [-0.15, -0.1) is 0 Å². The van der Waals surface area contributed by atoms with Crippen LogP contribution < -0.4 is 10.5 Å². The number of aryl methyl sites for hydroxylation is 1. The number of hydrogen-bond acceptors (Lipinski definition) is 4. The number of fused-ring (bicyclic) bond motifs is 1. The van der Waals surface area contributed by atoms with Gasteiger partial charge in [-0.25, -0.2) is 4.98 Å². The fraction of sp³-hybridized carbons (Fsp3) is 0.533. The molecule has 1 unspecified atom stereocenters. The van der Waals surface area contributed by atoms with Crippen molar-refractivity contribution in [2.45, 2.75) is 32.6 Å². The summed E-state index contributed by atoms with van der Waals surface area (Å²) in [4.78, 5) is 4.53. The molecule has 4 nitrogen and oxygen atoms in total. The van der Waals surface area contributed by atoms with Gasteiger partial charge in [-0.05, 0) is 37.4 Å². The van der Waals surface area contributed by atoms with E-state index in [0.29, 0.717) is 5.92 Å². The summed E-state index contributed by atoms with van der Waals surface area (Å²) in [6.07, 6.45) is 4.15. The molecule has 0 aliphatic heterocycles. The maximum Gasteiger partial charge on any atom is 0.195 e. The van der Waals surface area contributed by atoms with Crippen molar-refractivity contribution in [2.24, 2.45) is 11.7 Å². The van der Waals surface area contributed by atoms with E-state index < -0.39 is 0 Å². The van der Waals surface area contributed by atoms with Crippen molar-refractivity contribution in [1.82, 2.24) is 4.98 Å². The third-order valence-electron chi connectivity index (χ3n) is 3.56. The van der Waals surface area contributed by atoms with E-state index in [-0.39, 0.29) is 0 Å². The molecule has 0 amide bonds. The van der Waals surface area contributed by atoms with Crippen molar-refractivity contribution in [3.05, 3.63) is 24.1 Å². The van der Waals surface area contributed by atoms with Gasteiger partial charge in [0.15, 0.2) is 17.0 Å². The molecule has 2 rings (SSSR count). The van der Waals surface area contributed by atoms with Gasteiger partial charge in [0, 0.05) is 6.42 Å². The number of hydrogen-bond donors (Lipinski definition) is 1. The minimum Gasteiger partial charge on any atom is -0.494 e. The molecule has 0 aliphatic rings. The average molecular weight is 262 g/mol. The highest BCUT2D eigenvalue weighted by Gasteiger charge is 2.12. The lowest BCUT2D eigenvalue weighted by atomic mass is 9.97. The van der Waals surface area contributed by atoms with E-state index in [1.807, 2.05) is 18.2 Å². The predicted molar refractivity (Wildman–Crippen MR) is 76.3 cm³/mol. The van der Waals surface area contributed by atoms with Crippen LogP contribution in [0.1, 0.15) is 32.1 Å². The van der Waals surface area contributed by atoms with Crippen LogP contribution in [0, 0.1) is 5.92 Å². The van der Waals surface area contributed by atoms with Crippen LogP contribution in [0.4, 0.5) is 0 Å². The van der Waals surface area contributed by atoms with Crippen LogP contribution in [0.2, 0.25) is 0 Å². The highest BCUT2D eigenvalue weighted by molar-refractivity contribution is 5.79. The molecular formula is C15H22N2O2. The van der Waals surface area contributed by atoms with Gasteiger partial charge >= 0.3 is 0 Å². The van der Waals surface area contributed by atoms with Crippen molar-refractivity contribution in [3.63, 3.8) is 0 Å². The topological polar surface area (TPSA) is 61.3 Å². The van der Waals surface area contributed by atoms with Crippen molar-refractivity contribution in [1.29, 1.82) is 0 Å². The van der Waals surface area contributed by atoms with Crippen LogP contribution in [0.15, 0.2) is 22.6 Å². The smallest absolute Gasteiger partial charge is 0.195 e. The van der Waals surface area contributed by atoms with Crippen LogP contribution in [0.25, 0.3) is 11.1 Å². The molecular weight excluding hydrogens is 240 g/mol. The summed E-state index contributed by atoms with van der Waals surface area (Å²) in [5.74, 6) is 2.21. The molecule has 0 radical (unpaired) electrons. The first kappa shape index (κ1) is 13.9. The maximum atomic E-state index is 5.76. The van der Waals surface area contributed by atoms with Gasteiger partial charge in [-0.2, -0.15) is 0 Å². The second-order valence-corrected chi connectivity index (χ2v) is 4.80. The molecule has 0 saturated carbocycles. The molecule has 1 aromatic heterocycles. The zero-order valence-electron chi connectivity index (χ0n) is 11.7. The number of rotatable bonds is 7. The number of ether oxygens (including phenoxy) is 1. The molecule has 0 bridgehead atoms. The number of nitrogens with two attached hydrogens (primary N) is 1. The summed E-state index contributed by atoms with van der Waals surface area (Å²) in [6.45, 7) is 2.95. The van der Waals surface area contributed by atoms with Crippen molar-refractivity contribution < 1.29 is 9.15 Å². The lowest BCUT2D eigenvalue weighted by molar-refractivity contribution is 0.414. The van der Waals surface area contributed by atoms with E-state index >= 15 is 0 Å². The molecule has 0 saturated heterocycles. The Hall–Kier alpha value is -1.55. The lowest BCUT2D eigenvalue weighted by Crippen LogP contribution is -2.09. The van der Waals surface area contributed by atoms with Crippen LogP contribution >= 0.6 is 0 Å². The molecule has 4 heteroatoms. The molecule has 2 aromatic rings. The monoisotopic (exact) mass is 262 g/mol. The van der Waals surface area contributed by atoms with Crippen LogP contribution in [-0.4, -0.2) is 18.6 Å². The molecule has 1 atom stereocenters. The van der Waals surface area contributed by atoms with E-state index in [4.69, 9.17) is 14.9 Å². The number of para-hydroxylation sites is 1. The predicted octanol–water partition coefficient (Wildman–Crippen LogP) is 3.14. The minimum atomic E-state index is 0.655. The van der Waals surface area contributed by atoms with E-state index in [1.165, 1.54) is 0 Å². The van der Waals surface area contributed by atoms with E-state index in [2.05, 4.69) is 11.9 Å². The van der Waals surface area contributed by atoms with Gasteiger partial charge in [0.2, 0.25) is 0 Å². The van der Waals surface area contributed by atoms with Gasteiger partial charge in [0.05, 0.1) is 7.11 Å². The number of oxazole rings is 1. The number of aromatic nitrogens is 1. The summed E-state index contributed by atoms with van der Waals surface area (Å²) in [6, 6.07) is 5.74. The van der Waals surface area contributed by atoms with Gasteiger partial charge < -0.3 is 14.9 Å². The second kappa shape index (κ2) is 6.57. The quantitative estimate of drug-likeness (QED) is 0.832. The fourth-order valence-electron chi connectivity index (χ4n) is 2.36. The Morgan fingerprint density at radius 1 is 1.37 bits per heavy atom. The first-order valence-electron chi connectivity index (χ1n) is 6.91. The Kier molecular flexibility index (Phi) is 4.80. The van der Waals surface area contributed by atoms with Gasteiger partial charge in [0.1, 0.15) is 5.75 Å². The Bertz CT molecular complexity index is 522. The normalized spacial score (nSPS) is 12.8. The van der Waals surface area contributed by atoms with Crippen molar-refractivity contribution in [2.75, 3.05) is 13.7 Å². The molecule has 1 aromatic carbocycles. The summed E-state index contributed by atoms with van der Waals surface area (Å²) >= 11 is 0. The Morgan fingerprint density at radius 2 is 2.21 bits per heavy atom. The number of nitrogens with zero attached hydrogens (tertiary/aromatic N) is 1. The highest BCUT2D eigenvalue weighted by Crippen LogP contribution is 2.26. The SMILES string of the molecule is CCC(CCN)CCc1nc2c(OC)cccc2o1. The zero-order chi connectivity index (χ0) is 13.7. The van der Waals surface area contributed by atoms with Gasteiger partial charge in [-0.1, -0.05) is 19.4 Å². The molecule has 0 fully saturated rings. The minimum absolute atomic E-state index is 0.655. The largest absolute Gasteiger partial charge is 0.494 e. The Balaban J connectivity index is 2.09. The summed E-state index contributed by atoms with van der Waals surface area (Å²) in [5, 5.41) is 0. The third kappa shape index (κ3) is 3.26. The lowest BCUT2D eigenvalue weighted by Gasteiger charge is -2.11. The van der Waals surface area contributed by atoms with Gasteiger partial charge in [0.25, 0.3) is 0 Å². The summed E-state index contributed by atoms with van der Waals surface area (Å²) < 4.78 is 11.0. The molecule has 2 N–H and O–H groups in total. The molecule has 104 valence electrons. The number of methoxy groups -OCH3 is 1. The Morgan fingerprint density at radius 3 is 2.89 bits per heavy atom. The Labute approximate surface area is 114 Å². The van der Waals surface area contributed by atoms with Gasteiger partial charge in [-0.3, -0.25) is 0 Å². The number of benzene rings is 1. The second-order valence-electron chi connectivity index (χ2n) is 4.80. The zero-order valence-corrected chi connectivity index (χ0v) is 11.7. The third-order valence-corrected chi connectivity index (χ3v) is 3.56. The van der Waals surface area contributed by atoms with Crippen molar-refractivity contribution in [3.8, 4) is 5.75 Å². The van der Waals surface area contributed by atoms with E-state index in [9.17, 15) is 0 Å². The first-order valence-corrected chi connectivity index (χ1v) is 6.91. The molecule has 19 heavy (non-hydrogen) atoms. The van der Waals surface area contributed by atoms with Crippen LogP contribution in [0.3, 0.4) is 0 Å².